The lowest BCUT2D eigenvalue weighted by atomic mass is 10.2. The molecule has 0 atom stereocenters. The minimum Gasteiger partial charge on any atom is -0.493 e. The Bertz CT molecular complexity index is 739. The van der Waals surface area contributed by atoms with Gasteiger partial charge in [-0.15, -0.1) is 0 Å². The van der Waals surface area contributed by atoms with E-state index in [2.05, 4.69) is 13.8 Å². The molecule has 0 spiro atoms. The van der Waals surface area contributed by atoms with E-state index < -0.39 is 5.97 Å². The number of rotatable bonds is 7. The molecule has 2 rings (SSSR count). The van der Waals surface area contributed by atoms with Gasteiger partial charge in [-0.25, -0.2) is 4.79 Å². The van der Waals surface area contributed by atoms with Gasteiger partial charge in [0.05, 0.1) is 18.7 Å². The van der Waals surface area contributed by atoms with Crippen molar-refractivity contribution in [1.29, 1.82) is 0 Å². The highest BCUT2D eigenvalue weighted by Gasteiger charge is 2.12. The van der Waals surface area contributed by atoms with Crippen molar-refractivity contribution in [3.63, 3.8) is 0 Å². The highest BCUT2D eigenvalue weighted by atomic mass is 35.5. The van der Waals surface area contributed by atoms with Crippen LogP contribution in [0.1, 0.15) is 19.4 Å². The monoisotopic (exact) mass is 360 g/mol. The van der Waals surface area contributed by atoms with Gasteiger partial charge < -0.3 is 14.2 Å². The summed E-state index contributed by atoms with van der Waals surface area (Å²) in [5, 5.41) is 0.427. The van der Waals surface area contributed by atoms with E-state index in [1.54, 1.807) is 49.6 Å². The molecule has 0 heterocycles. The van der Waals surface area contributed by atoms with E-state index >= 15 is 0 Å². The minimum absolute atomic E-state index is 0.369. The zero-order chi connectivity index (χ0) is 18.2. The van der Waals surface area contributed by atoms with E-state index in [9.17, 15) is 4.79 Å². The predicted octanol–water partition coefficient (Wildman–Crippen LogP) is 5.00. The Morgan fingerprint density at radius 1 is 1.20 bits per heavy atom. The maximum absolute atomic E-state index is 11.9. The molecule has 0 saturated heterocycles. The van der Waals surface area contributed by atoms with Crippen LogP contribution in [0.5, 0.6) is 17.2 Å². The van der Waals surface area contributed by atoms with Crippen LogP contribution in [-0.2, 0) is 4.79 Å². The van der Waals surface area contributed by atoms with Crippen LogP contribution in [0.15, 0.2) is 48.5 Å². The molecule has 0 bridgehead atoms. The molecule has 0 aliphatic carbocycles. The Morgan fingerprint density at radius 3 is 2.56 bits per heavy atom. The van der Waals surface area contributed by atoms with Gasteiger partial charge in [0.2, 0.25) is 0 Å². The van der Waals surface area contributed by atoms with Gasteiger partial charge in [-0.2, -0.15) is 0 Å². The summed E-state index contributed by atoms with van der Waals surface area (Å²) in [6.07, 6.45) is 2.96. The van der Waals surface area contributed by atoms with Gasteiger partial charge >= 0.3 is 5.97 Å². The van der Waals surface area contributed by atoms with E-state index in [4.69, 9.17) is 25.8 Å². The number of esters is 1. The SMILES string of the molecule is COc1cc(/C=C/C(=O)Oc2ccccc2)cc(Cl)c1OCC(C)C. The molecule has 2 aromatic rings. The number of carbonyl (C=O) groups excluding carboxylic acids is 1. The highest BCUT2D eigenvalue weighted by Crippen LogP contribution is 2.37. The molecule has 0 aliphatic heterocycles. The fraction of sp³-hybridized carbons (Fsp3) is 0.250. The largest absolute Gasteiger partial charge is 0.493 e. The number of methoxy groups -OCH3 is 1. The van der Waals surface area contributed by atoms with Crippen molar-refractivity contribution in [3.05, 3.63) is 59.1 Å². The highest BCUT2D eigenvalue weighted by molar-refractivity contribution is 6.32. The minimum atomic E-state index is -0.471. The molecule has 0 radical (unpaired) electrons. The molecule has 0 aliphatic rings. The first kappa shape index (κ1) is 18.9. The van der Waals surface area contributed by atoms with Crippen LogP contribution < -0.4 is 14.2 Å². The maximum Gasteiger partial charge on any atom is 0.336 e. The number of para-hydroxylation sites is 1. The number of halogens is 1. The number of hydrogen-bond donors (Lipinski definition) is 0. The molecular formula is C20H21ClO4. The number of ether oxygens (including phenoxy) is 3. The molecule has 0 saturated carbocycles. The smallest absolute Gasteiger partial charge is 0.336 e. The van der Waals surface area contributed by atoms with Crippen LogP contribution in [0, 0.1) is 5.92 Å². The molecule has 25 heavy (non-hydrogen) atoms. The first-order valence-corrected chi connectivity index (χ1v) is 8.32. The lowest BCUT2D eigenvalue weighted by Gasteiger charge is -2.14. The molecule has 4 nitrogen and oxygen atoms in total. The average molecular weight is 361 g/mol. The summed E-state index contributed by atoms with van der Waals surface area (Å²) in [6, 6.07) is 12.4. The van der Waals surface area contributed by atoms with E-state index in [1.165, 1.54) is 6.08 Å². The summed E-state index contributed by atoms with van der Waals surface area (Å²) in [7, 11) is 1.55. The van der Waals surface area contributed by atoms with E-state index in [-0.39, 0.29) is 0 Å². The van der Waals surface area contributed by atoms with E-state index in [1.807, 2.05) is 6.07 Å². The van der Waals surface area contributed by atoms with E-state index in [0.29, 0.717) is 40.4 Å². The molecule has 0 N–H and O–H groups in total. The molecular weight excluding hydrogens is 340 g/mol. The summed E-state index contributed by atoms with van der Waals surface area (Å²) in [5.41, 5.74) is 0.712. The van der Waals surface area contributed by atoms with Crippen molar-refractivity contribution in [2.45, 2.75) is 13.8 Å². The quantitative estimate of drug-likeness (QED) is 0.396. The number of benzene rings is 2. The van der Waals surface area contributed by atoms with Gasteiger partial charge in [-0.1, -0.05) is 43.6 Å². The predicted molar refractivity (Wildman–Crippen MR) is 99.4 cm³/mol. The fourth-order valence-corrected chi connectivity index (χ4v) is 2.30. The summed E-state index contributed by atoms with van der Waals surface area (Å²) >= 11 is 6.29. The second kappa shape index (κ2) is 9.14. The molecule has 0 amide bonds. The van der Waals surface area contributed by atoms with Crippen molar-refractivity contribution in [1.82, 2.24) is 0 Å². The fourth-order valence-electron chi connectivity index (χ4n) is 2.03. The summed E-state index contributed by atoms with van der Waals surface area (Å²) in [6.45, 7) is 4.64. The molecule has 0 unspecified atom stereocenters. The van der Waals surface area contributed by atoms with Gasteiger partial charge in [0.25, 0.3) is 0 Å². The second-order valence-corrected chi connectivity index (χ2v) is 6.21. The zero-order valence-electron chi connectivity index (χ0n) is 14.5. The van der Waals surface area contributed by atoms with Crippen molar-refractivity contribution < 1.29 is 19.0 Å². The Kier molecular flexibility index (Phi) is 6.90. The Balaban J connectivity index is 2.11. The van der Waals surface area contributed by atoms with Gasteiger partial charge in [0, 0.05) is 6.08 Å². The van der Waals surface area contributed by atoms with Crippen molar-refractivity contribution in [3.8, 4) is 17.2 Å². The normalized spacial score (nSPS) is 10.9. The summed E-state index contributed by atoms with van der Waals surface area (Å²) < 4.78 is 16.2. The molecule has 0 fully saturated rings. The number of carbonyl (C=O) groups is 1. The van der Waals surface area contributed by atoms with Crippen molar-refractivity contribution in [2.75, 3.05) is 13.7 Å². The van der Waals surface area contributed by atoms with Crippen molar-refractivity contribution in [2.24, 2.45) is 5.92 Å². The lowest BCUT2D eigenvalue weighted by Crippen LogP contribution is -2.06. The molecule has 0 aromatic heterocycles. The number of hydrogen-bond acceptors (Lipinski definition) is 4. The molecule has 5 heteroatoms. The zero-order valence-corrected chi connectivity index (χ0v) is 15.2. The topological polar surface area (TPSA) is 44.8 Å². The molecule has 2 aromatic carbocycles. The van der Waals surface area contributed by atoms with E-state index in [0.717, 1.165) is 0 Å². The van der Waals surface area contributed by atoms with Crippen LogP contribution in [0.3, 0.4) is 0 Å². The Morgan fingerprint density at radius 2 is 1.92 bits per heavy atom. The third-order valence-corrected chi connectivity index (χ3v) is 3.47. The molecule has 132 valence electrons. The lowest BCUT2D eigenvalue weighted by molar-refractivity contribution is -0.128. The second-order valence-electron chi connectivity index (χ2n) is 5.81. The standard InChI is InChI=1S/C20H21ClO4/c1-14(2)13-24-20-17(21)11-15(12-18(20)23-3)9-10-19(22)25-16-7-5-4-6-8-16/h4-12,14H,13H2,1-3H3/b10-9+. The summed E-state index contributed by atoms with van der Waals surface area (Å²) in [4.78, 5) is 11.9. The van der Waals surface area contributed by atoms with Crippen molar-refractivity contribution >= 4 is 23.6 Å². The van der Waals surface area contributed by atoms with Gasteiger partial charge in [-0.05, 0) is 41.8 Å². The average Bonchev–Trinajstić information content (AvgIpc) is 2.59. The van der Waals surface area contributed by atoms with Gasteiger partial charge in [-0.3, -0.25) is 0 Å². The van der Waals surface area contributed by atoms with Gasteiger partial charge in [0.15, 0.2) is 11.5 Å². The third-order valence-electron chi connectivity index (χ3n) is 3.19. The van der Waals surface area contributed by atoms with Crippen LogP contribution in [-0.4, -0.2) is 19.7 Å². The van der Waals surface area contributed by atoms with Crippen LogP contribution in [0.4, 0.5) is 0 Å². The Hall–Kier alpha value is -2.46. The first-order valence-electron chi connectivity index (χ1n) is 7.95. The van der Waals surface area contributed by atoms with Crippen LogP contribution in [0.25, 0.3) is 6.08 Å². The maximum atomic E-state index is 11.9. The van der Waals surface area contributed by atoms with Gasteiger partial charge in [0.1, 0.15) is 5.75 Å². The third kappa shape index (κ3) is 5.84. The van der Waals surface area contributed by atoms with Crippen LogP contribution in [0.2, 0.25) is 5.02 Å². The first-order chi connectivity index (χ1) is 12.0. The Labute approximate surface area is 153 Å². The summed E-state index contributed by atoms with van der Waals surface area (Å²) in [5.74, 6) is 1.41. The van der Waals surface area contributed by atoms with Crippen LogP contribution >= 0.6 is 11.6 Å².